The summed E-state index contributed by atoms with van der Waals surface area (Å²) in [6.45, 7) is 0. The highest BCUT2D eigenvalue weighted by atomic mass is 79.9. The molecule has 0 spiro atoms. The quantitative estimate of drug-likeness (QED) is 0.250. The fraction of sp³-hybridized carbons (Fsp3) is 0.0769. The minimum absolute atomic E-state index is 0.00880. The van der Waals surface area contributed by atoms with Gasteiger partial charge in [0.2, 0.25) is 23.2 Å². The van der Waals surface area contributed by atoms with E-state index in [0.29, 0.717) is 0 Å². The lowest BCUT2D eigenvalue weighted by molar-refractivity contribution is 0.584. The van der Waals surface area contributed by atoms with Crippen molar-refractivity contribution in [1.29, 1.82) is 0 Å². The van der Waals surface area contributed by atoms with Crippen LogP contribution in [0.1, 0.15) is 0 Å². The molecular weight excluding hydrogens is 648 g/mol. The molecule has 0 aliphatic rings. The molecule has 0 aromatic heterocycles. The second-order valence-corrected chi connectivity index (χ2v) is 18.8. The first kappa shape index (κ1) is 30.7. The van der Waals surface area contributed by atoms with Crippen LogP contribution < -0.4 is 0 Å². The van der Waals surface area contributed by atoms with Crippen molar-refractivity contribution in [3.8, 4) is 0 Å². The van der Waals surface area contributed by atoms with Gasteiger partial charge in [-0.15, -0.1) is 0 Å². The van der Waals surface area contributed by atoms with Crippen LogP contribution in [0, 0.1) is 0 Å². The van der Waals surface area contributed by atoms with Crippen molar-refractivity contribution >= 4 is 55.3 Å². The third-order valence-corrected chi connectivity index (χ3v) is 16.9. The minimum Gasteiger partial charge on any atom is -0.223 e. The molecule has 0 saturated carbocycles. The lowest BCUT2D eigenvalue weighted by Crippen LogP contribution is -2.25. The highest BCUT2D eigenvalue weighted by molar-refractivity contribution is 9.13. The van der Waals surface area contributed by atoms with Gasteiger partial charge in [0, 0.05) is 0 Å². The fourth-order valence-corrected chi connectivity index (χ4v) is 11.9. The van der Waals surface area contributed by atoms with Crippen LogP contribution in [0.3, 0.4) is 0 Å². The highest BCUT2D eigenvalue weighted by Gasteiger charge is 2.37. The van der Waals surface area contributed by atoms with E-state index in [2.05, 4.69) is 15.9 Å². The topological polar surface area (TPSA) is 137 Å². The average molecular weight is 672 g/mol. The maximum absolute atomic E-state index is 12.3. The van der Waals surface area contributed by atoms with E-state index in [0.717, 1.165) is 0 Å². The maximum Gasteiger partial charge on any atom is 0.225 e. The molecule has 0 bridgehead atoms. The molecule has 13 heteroatoms. The molecule has 206 valence electrons. The highest BCUT2D eigenvalue weighted by Crippen LogP contribution is 2.29. The van der Waals surface area contributed by atoms with E-state index in [1.807, 2.05) is 0 Å². The summed E-state index contributed by atoms with van der Waals surface area (Å²) >= 11 is 2.82. The van der Waals surface area contributed by atoms with Crippen molar-refractivity contribution < 1.29 is 33.7 Å². The zero-order valence-electron chi connectivity index (χ0n) is 20.1. The van der Waals surface area contributed by atoms with Gasteiger partial charge in [-0.05, 0) is 48.5 Å². The molecule has 0 unspecified atom stereocenters. The summed E-state index contributed by atoms with van der Waals surface area (Å²) in [5.74, 6) is 0. The number of benzene rings is 4. The van der Waals surface area contributed by atoms with E-state index in [1.165, 1.54) is 48.5 Å². The Labute approximate surface area is 237 Å². The van der Waals surface area contributed by atoms with E-state index < -0.39 is 47.9 Å². The molecule has 0 aliphatic heterocycles. The van der Waals surface area contributed by atoms with Crippen LogP contribution in [0.2, 0.25) is 0 Å². The SMILES string of the molecule is O=S(=O)(CS(=O)(=O)c1ccccc1)c1ccccc1.O=S(=O)(c1ccccc1)C(Br)S(=O)(=O)c1ccccc1. The lowest BCUT2D eigenvalue weighted by atomic mass is 10.4. The third-order valence-electron chi connectivity index (χ3n) is 5.15. The van der Waals surface area contributed by atoms with Gasteiger partial charge in [-0.3, -0.25) is 0 Å². The first-order chi connectivity index (χ1) is 18.3. The molecule has 0 fully saturated rings. The summed E-state index contributed by atoms with van der Waals surface area (Å²) in [5.41, 5.74) is 0. The number of rotatable bonds is 8. The molecular formula is C26H23BrO8S4. The first-order valence-corrected chi connectivity index (χ1v) is 18.4. The average Bonchev–Trinajstić information content (AvgIpc) is 2.94. The Morgan fingerprint density at radius 2 is 0.641 bits per heavy atom. The second kappa shape index (κ2) is 12.6. The van der Waals surface area contributed by atoms with E-state index in [1.54, 1.807) is 72.8 Å². The summed E-state index contributed by atoms with van der Waals surface area (Å²) in [4.78, 5) is -0.0632. The van der Waals surface area contributed by atoms with E-state index in [-0.39, 0.29) is 19.6 Å². The predicted octanol–water partition coefficient (Wildman–Crippen LogP) is 4.50. The van der Waals surface area contributed by atoms with Crippen molar-refractivity contribution in [2.24, 2.45) is 0 Å². The van der Waals surface area contributed by atoms with Gasteiger partial charge in [0.15, 0.2) is 24.8 Å². The van der Waals surface area contributed by atoms with Crippen molar-refractivity contribution in [3.63, 3.8) is 0 Å². The summed E-state index contributed by atoms with van der Waals surface area (Å²) in [7, 11) is -15.7. The molecule has 0 heterocycles. The Bertz CT molecular complexity index is 1680. The van der Waals surface area contributed by atoms with Crippen LogP contribution in [-0.4, -0.2) is 42.2 Å². The standard InChI is InChI=1S/C13H11BrO4S2.C13H12O4S2/c14-13(19(15,16)11-7-3-1-4-8-11)20(17,18)12-9-5-2-6-10-12;14-18(15,12-7-3-1-4-8-12)11-19(16,17)13-9-5-2-6-10-13/h1-10,13H;1-10H,11H2. The van der Waals surface area contributed by atoms with E-state index in [9.17, 15) is 33.7 Å². The van der Waals surface area contributed by atoms with Gasteiger partial charge >= 0.3 is 0 Å². The summed E-state index contributed by atoms with van der Waals surface area (Å²) < 4.78 is 95.8. The van der Waals surface area contributed by atoms with E-state index >= 15 is 0 Å². The van der Waals surface area contributed by atoms with Gasteiger partial charge in [0.1, 0.15) is 0 Å². The molecule has 0 aliphatic carbocycles. The number of sulfone groups is 4. The molecule has 4 aromatic rings. The van der Waals surface area contributed by atoms with Crippen LogP contribution in [0.25, 0.3) is 0 Å². The molecule has 8 nitrogen and oxygen atoms in total. The predicted molar refractivity (Wildman–Crippen MR) is 152 cm³/mol. The molecule has 39 heavy (non-hydrogen) atoms. The second-order valence-electron chi connectivity index (χ2n) is 7.96. The summed E-state index contributed by atoms with van der Waals surface area (Å²) in [6, 6.07) is 30.1. The monoisotopic (exact) mass is 670 g/mol. The van der Waals surface area contributed by atoms with Gasteiger partial charge in [0.05, 0.1) is 19.6 Å². The van der Waals surface area contributed by atoms with Crippen molar-refractivity contribution in [2.45, 2.75) is 23.1 Å². The number of hydrogen-bond donors (Lipinski definition) is 0. The molecule has 4 rings (SSSR count). The third kappa shape index (κ3) is 7.63. The first-order valence-electron chi connectivity index (χ1n) is 11.1. The smallest absolute Gasteiger partial charge is 0.223 e. The number of hydrogen-bond acceptors (Lipinski definition) is 8. The molecule has 0 amide bonds. The lowest BCUT2D eigenvalue weighted by Gasteiger charge is -2.12. The van der Waals surface area contributed by atoms with E-state index in [4.69, 9.17) is 0 Å². The Kier molecular flexibility index (Phi) is 9.88. The normalized spacial score (nSPS) is 12.4. The Morgan fingerprint density at radius 3 is 0.897 bits per heavy atom. The molecule has 0 saturated heterocycles. The molecule has 4 aromatic carbocycles. The van der Waals surface area contributed by atoms with Crippen molar-refractivity contribution in [3.05, 3.63) is 121 Å². The maximum atomic E-state index is 12.3. The van der Waals surface area contributed by atoms with Gasteiger partial charge in [-0.25, -0.2) is 33.7 Å². The zero-order chi connectivity index (χ0) is 28.7. The zero-order valence-corrected chi connectivity index (χ0v) is 25.0. The minimum atomic E-state index is -4.02. The van der Waals surface area contributed by atoms with Crippen molar-refractivity contribution in [2.75, 3.05) is 5.08 Å². The van der Waals surface area contributed by atoms with Crippen LogP contribution in [0.5, 0.6) is 0 Å². The van der Waals surface area contributed by atoms with Gasteiger partial charge in [-0.1, -0.05) is 88.7 Å². The Morgan fingerprint density at radius 1 is 0.410 bits per heavy atom. The van der Waals surface area contributed by atoms with Crippen LogP contribution in [0.15, 0.2) is 141 Å². The largest absolute Gasteiger partial charge is 0.225 e. The van der Waals surface area contributed by atoms with Crippen LogP contribution in [0.4, 0.5) is 0 Å². The van der Waals surface area contributed by atoms with Crippen LogP contribution >= 0.6 is 15.9 Å². The number of alkyl halides is 1. The Hall–Kier alpha value is -2.84. The molecule has 0 atom stereocenters. The summed E-state index contributed by atoms with van der Waals surface area (Å²) in [6.07, 6.45) is 0. The Balaban J connectivity index is 0.000000216. The van der Waals surface area contributed by atoms with Crippen LogP contribution in [-0.2, 0) is 39.3 Å². The van der Waals surface area contributed by atoms with Gasteiger partial charge in [-0.2, -0.15) is 0 Å². The number of halogens is 1. The fourth-order valence-electron chi connectivity index (χ4n) is 3.20. The van der Waals surface area contributed by atoms with Gasteiger partial charge < -0.3 is 0 Å². The molecule has 0 radical (unpaired) electrons. The molecule has 0 N–H and O–H groups in total. The van der Waals surface area contributed by atoms with Gasteiger partial charge in [0.25, 0.3) is 0 Å². The van der Waals surface area contributed by atoms with Crippen molar-refractivity contribution in [1.82, 2.24) is 0 Å². The summed E-state index contributed by atoms with van der Waals surface area (Å²) in [5, 5.41) is -0.923.